The summed E-state index contributed by atoms with van der Waals surface area (Å²) in [5.74, 6) is -0.326. The van der Waals surface area contributed by atoms with E-state index in [0.717, 1.165) is 28.2 Å². The van der Waals surface area contributed by atoms with Crippen LogP contribution in [0.15, 0.2) is 102 Å². The van der Waals surface area contributed by atoms with Gasteiger partial charge in [-0.2, -0.15) is 0 Å². The third-order valence-electron chi connectivity index (χ3n) is 6.21. The molecule has 5 aromatic rings. The second-order valence-corrected chi connectivity index (χ2v) is 9.79. The van der Waals surface area contributed by atoms with Gasteiger partial charge < -0.3 is 4.57 Å². The van der Waals surface area contributed by atoms with Gasteiger partial charge in [0.1, 0.15) is 0 Å². The van der Waals surface area contributed by atoms with Crippen LogP contribution >= 0.6 is 23.4 Å². The van der Waals surface area contributed by atoms with Gasteiger partial charge in [-0.15, -0.1) is 0 Å². The molecule has 2 heterocycles. The van der Waals surface area contributed by atoms with E-state index < -0.39 is 0 Å². The Balaban J connectivity index is 1.39. The Morgan fingerprint density at radius 3 is 2.34 bits per heavy atom. The van der Waals surface area contributed by atoms with Gasteiger partial charge in [-0.05, 0) is 64.5 Å². The number of nitrogens with zero attached hydrogens (tertiary/aromatic N) is 2. The maximum atomic E-state index is 13.2. The van der Waals surface area contributed by atoms with Gasteiger partial charge in [0.05, 0.1) is 10.6 Å². The summed E-state index contributed by atoms with van der Waals surface area (Å²) in [6, 6.07) is 29.5. The van der Waals surface area contributed by atoms with Gasteiger partial charge in [-0.1, -0.05) is 72.3 Å². The Morgan fingerprint density at radius 2 is 1.51 bits per heavy atom. The number of anilines is 1. The van der Waals surface area contributed by atoms with Crippen LogP contribution in [0, 0.1) is 0 Å². The Kier molecular flexibility index (Phi) is 5.44. The van der Waals surface area contributed by atoms with Crippen molar-refractivity contribution in [3.05, 3.63) is 118 Å². The Morgan fingerprint density at radius 1 is 0.800 bits per heavy atom. The summed E-state index contributed by atoms with van der Waals surface area (Å²) in [7, 11) is 0. The molecule has 2 amide bonds. The lowest BCUT2D eigenvalue weighted by Crippen LogP contribution is -2.27. The fraction of sp³-hybridized carbons (Fsp3) is 0.0345. The maximum absolute atomic E-state index is 13.2. The summed E-state index contributed by atoms with van der Waals surface area (Å²) in [6.45, 7) is 0.696. The van der Waals surface area contributed by atoms with E-state index in [4.69, 9.17) is 11.6 Å². The van der Waals surface area contributed by atoms with Crippen molar-refractivity contribution in [3.63, 3.8) is 0 Å². The number of fused-ring (bicyclic) bond motifs is 2. The van der Waals surface area contributed by atoms with Gasteiger partial charge >= 0.3 is 0 Å². The number of carbonyl (C=O) groups is 2. The molecule has 35 heavy (non-hydrogen) atoms. The average Bonchev–Trinajstić information content (AvgIpc) is 3.36. The highest BCUT2D eigenvalue weighted by Gasteiger charge is 2.36. The highest BCUT2D eigenvalue weighted by Crippen LogP contribution is 2.37. The third-order valence-corrected chi connectivity index (χ3v) is 7.33. The number of hydrogen-bond donors (Lipinski definition) is 0. The van der Waals surface area contributed by atoms with Crippen LogP contribution < -0.4 is 4.90 Å². The normalized spacial score (nSPS) is 15.1. The SMILES string of the molecule is O=C1S/C(=C/c2cn(Cc3cccc4ccccc34)c3ccccc23)C(=O)N1c1ccc(Cl)cc1. The van der Waals surface area contributed by atoms with Crippen molar-refractivity contribution in [2.45, 2.75) is 6.54 Å². The van der Waals surface area contributed by atoms with E-state index in [1.165, 1.54) is 21.2 Å². The largest absolute Gasteiger partial charge is 0.342 e. The lowest BCUT2D eigenvalue weighted by atomic mass is 10.0. The van der Waals surface area contributed by atoms with Crippen LogP contribution in [0.25, 0.3) is 27.8 Å². The van der Waals surface area contributed by atoms with Gasteiger partial charge in [-0.3, -0.25) is 9.59 Å². The van der Waals surface area contributed by atoms with Crippen LogP contribution in [0.5, 0.6) is 0 Å². The first kappa shape index (κ1) is 21.7. The highest BCUT2D eigenvalue weighted by atomic mass is 35.5. The quantitative estimate of drug-likeness (QED) is 0.240. The minimum Gasteiger partial charge on any atom is -0.342 e. The third kappa shape index (κ3) is 3.93. The van der Waals surface area contributed by atoms with Crippen LogP contribution in [0.4, 0.5) is 10.5 Å². The zero-order valence-electron chi connectivity index (χ0n) is 18.5. The number of para-hydroxylation sites is 1. The summed E-state index contributed by atoms with van der Waals surface area (Å²) in [5.41, 5.74) is 3.71. The Labute approximate surface area is 211 Å². The molecule has 6 rings (SSSR count). The molecule has 0 bridgehead atoms. The van der Waals surface area contributed by atoms with Crippen molar-refractivity contribution < 1.29 is 9.59 Å². The van der Waals surface area contributed by atoms with Crippen LogP contribution in [0.1, 0.15) is 11.1 Å². The number of hydrogen-bond acceptors (Lipinski definition) is 3. The number of amides is 2. The molecular weight excluding hydrogens is 476 g/mol. The predicted molar refractivity (Wildman–Crippen MR) is 145 cm³/mol. The molecular formula is C29H19ClN2O2S. The van der Waals surface area contributed by atoms with Gasteiger partial charge in [-0.25, -0.2) is 4.90 Å². The summed E-state index contributed by atoms with van der Waals surface area (Å²) in [6.07, 6.45) is 3.88. The first-order valence-corrected chi connectivity index (χ1v) is 12.4. The van der Waals surface area contributed by atoms with Crippen molar-refractivity contribution >= 4 is 67.9 Å². The minimum atomic E-state index is -0.326. The molecule has 1 saturated heterocycles. The van der Waals surface area contributed by atoms with E-state index >= 15 is 0 Å². The molecule has 4 aromatic carbocycles. The van der Waals surface area contributed by atoms with E-state index in [2.05, 4.69) is 53.2 Å². The molecule has 0 saturated carbocycles. The smallest absolute Gasteiger partial charge is 0.298 e. The van der Waals surface area contributed by atoms with Gasteiger partial charge in [0.25, 0.3) is 11.1 Å². The number of thioether (sulfide) groups is 1. The molecule has 170 valence electrons. The van der Waals surface area contributed by atoms with E-state index in [0.29, 0.717) is 22.2 Å². The van der Waals surface area contributed by atoms with E-state index in [-0.39, 0.29) is 11.1 Å². The zero-order chi connectivity index (χ0) is 23.9. The van der Waals surface area contributed by atoms with E-state index in [9.17, 15) is 9.59 Å². The predicted octanol–water partition coefficient (Wildman–Crippen LogP) is 7.74. The topological polar surface area (TPSA) is 42.3 Å². The van der Waals surface area contributed by atoms with Gasteiger partial charge in [0, 0.05) is 34.2 Å². The Bertz CT molecular complexity index is 1650. The fourth-order valence-corrected chi connectivity index (χ4v) is 5.51. The molecule has 0 atom stereocenters. The lowest BCUT2D eigenvalue weighted by molar-refractivity contribution is -0.113. The molecule has 1 aliphatic heterocycles. The molecule has 4 nitrogen and oxygen atoms in total. The molecule has 1 aliphatic rings. The fourth-order valence-electron chi connectivity index (χ4n) is 4.56. The van der Waals surface area contributed by atoms with E-state index in [1.54, 1.807) is 24.3 Å². The molecule has 1 aromatic heterocycles. The molecule has 0 spiro atoms. The van der Waals surface area contributed by atoms with Crippen molar-refractivity contribution in [2.75, 3.05) is 4.90 Å². The number of carbonyl (C=O) groups excluding carboxylic acids is 2. The van der Waals surface area contributed by atoms with Crippen LogP contribution in [0.3, 0.4) is 0 Å². The van der Waals surface area contributed by atoms with Gasteiger partial charge in [0.15, 0.2) is 0 Å². The molecule has 0 radical (unpaired) electrons. The van der Waals surface area contributed by atoms with Gasteiger partial charge in [0.2, 0.25) is 0 Å². The summed E-state index contributed by atoms with van der Waals surface area (Å²) < 4.78 is 2.20. The van der Waals surface area contributed by atoms with Crippen molar-refractivity contribution in [2.24, 2.45) is 0 Å². The first-order chi connectivity index (χ1) is 17.1. The maximum Gasteiger partial charge on any atom is 0.298 e. The van der Waals surface area contributed by atoms with Crippen molar-refractivity contribution in [1.29, 1.82) is 0 Å². The Hall–Kier alpha value is -3.80. The molecule has 6 heteroatoms. The lowest BCUT2D eigenvalue weighted by Gasteiger charge is -2.12. The number of halogens is 1. The summed E-state index contributed by atoms with van der Waals surface area (Å²) in [5, 5.41) is 3.69. The molecule has 0 N–H and O–H groups in total. The van der Waals surface area contributed by atoms with Crippen LogP contribution in [-0.2, 0) is 11.3 Å². The molecule has 0 unspecified atom stereocenters. The second kappa shape index (κ2) is 8.77. The standard InChI is InChI=1S/C29H19ClN2O2S/c30-22-12-14-23(15-13-22)32-28(33)27(35-29(32)34)16-21-18-31(26-11-4-3-10-25(21)26)17-20-8-5-7-19-6-1-2-9-24(19)20/h1-16,18H,17H2/b27-16+. The second-order valence-electron chi connectivity index (χ2n) is 8.36. The van der Waals surface area contributed by atoms with Crippen molar-refractivity contribution in [1.82, 2.24) is 4.57 Å². The molecule has 1 fully saturated rings. The number of benzene rings is 4. The average molecular weight is 495 g/mol. The first-order valence-electron chi connectivity index (χ1n) is 11.2. The van der Waals surface area contributed by atoms with Crippen LogP contribution in [-0.4, -0.2) is 15.7 Å². The summed E-state index contributed by atoms with van der Waals surface area (Å²) in [4.78, 5) is 27.5. The van der Waals surface area contributed by atoms with E-state index in [1.807, 2.05) is 30.3 Å². The zero-order valence-corrected chi connectivity index (χ0v) is 20.1. The number of rotatable bonds is 4. The highest BCUT2D eigenvalue weighted by molar-refractivity contribution is 8.19. The molecule has 0 aliphatic carbocycles. The van der Waals surface area contributed by atoms with Crippen LogP contribution in [0.2, 0.25) is 5.02 Å². The van der Waals surface area contributed by atoms with Crippen molar-refractivity contribution in [3.8, 4) is 0 Å². The minimum absolute atomic E-state index is 0.317. The number of aromatic nitrogens is 1. The monoisotopic (exact) mass is 494 g/mol. The summed E-state index contributed by atoms with van der Waals surface area (Å²) >= 11 is 6.92. The number of imide groups is 1.